The fourth-order valence-electron chi connectivity index (χ4n) is 3.49. The van der Waals surface area contributed by atoms with Gasteiger partial charge in [0.1, 0.15) is 0 Å². The molecule has 2 atom stereocenters. The van der Waals surface area contributed by atoms with Gasteiger partial charge in [0, 0.05) is 31.5 Å². The average molecular weight is 332 g/mol. The molecule has 0 amide bonds. The van der Waals surface area contributed by atoms with Crippen LogP contribution in [0.4, 0.5) is 0 Å². The Morgan fingerprint density at radius 3 is 2.32 bits per heavy atom. The lowest BCUT2D eigenvalue weighted by Gasteiger charge is -2.27. The van der Waals surface area contributed by atoms with Crippen molar-refractivity contribution in [1.82, 2.24) is 4.90 Å². The zero-order valence-corrected chi connectivity index (χ0v) is 14.5. The van der Waals surface area contributed by atoms with Gasteiger partial charge in [0.25, 0.3) is 0 Å². The molecule has 0 aliphatic carbocycles. The lowest BCUT2D eigenvalue weighted by atomic mass is 9.94. The van der Waals surface area contributed by atoms with Crippen LogP contribution in [0.3, 0.4) is 0 Å². The number of likely N-dealkylation sites (tertiary alicyclic amines) is 1. The zero-order chi connectivity index (χ0) is 17.5. The SMILES string of the molecule is C=C1CN(Cc2ccccc2)[C@H](COCc2ccccc2)[C@H]1CC#N. The second-order valence-corrected chi connectivity index (χ2v) is 6.59. The molecule has 1 heterocycles. The third kappa shape index (κ3) is 4.57. The first-order chi connectivity index (χ1) is 12.3. The highest BCUT2D eigenvalue weighted by molar-refractivity contribution is 5.20. The topological polar surface area (TPSA) is 36.3 Å². The molecule has 2 aromatic carbocycles. The fraction of sp³-hybridized carbons (Fsp3) is 0.318. The molecule has 0 saturated carbocycles. The summed E-state index contributed by atoms with van der Waals surface area (Å²) in [6.45, 7) is 7.13. The molecule has 128 valence electrons. The van der Waals surface area contributed by atoms with Crippen LogP contribution in [0, 0.1) is 17.2 Å². The molecule has 1 fully saturated rings. The largest absolute Gasteiger partial charge is 0.375 e. The quantitative estimate of drug-likeness (QED) is 0.714. The van der Waals surface area contributed by atoms with E-state index in [2.05, 4.69) is 53.9 Å². The van der Waals surface area contributed by atoms with Crippen LogP contribution in [0.5, 0.6) is 0 Å². The number of rotatable bonds is 7. The van der Waals surface area contributed by atoms with E-state index in [9.17, 15) is 5.26 Å². The van der Waals surface area contributed by atoms with Crippen LogP contribution in [0.25, 0.3) is 0 Å². The maximum atomic E-state index is 9.19. The van der Waals surface area contributed by atoms with E-state index in [0.717, 1.165) is 18.7 Å². The molecule has 0 radical (unpaired) electrons. The van der Waals surface area contributed by atoms with Gasteiger partial charge in [-0.1, -0.05) is 72.8 Å². The summed E-state index contributed by atoms with van der Waals surface area (Å²) >= 11 is 0. The van der Waals surface area contributed by atoms with E-state index < -0.39 is 0 Å². The second-order valence-electron chi connectivity index (χ2n) is 6.59. The van der Waals surface area contributed by atoms with Gasteiger partial charge in [-0.2, -0.15) is 5.26 Å². The van der Waals surface area contributed by atoms with Crippen LogP contribution in [0.1, 0.15) is 17.5 Å². The van der Waals surface area contributed by atoms with E-state index >= 15 is 0 Å². The van der Waals surface area contributed by atoms with Crippen LogP contribution in [0.15, 0.2) is 72.8 Å². The first-order valence-electron chi connectivity index (χ1n) is 8.72. The molecule has 1 aliphatic rings. The Labute approximate surface area is 150 Å². The molecule has 3 nitrogen and oxygen atoms in total. The molecular weight excluding hydrogens is 308 g/mol. The molecule has 3 heteroatoms. The highest BCUT2D eigenvalue weighted by Gasteiger charge is 2.36. The van der Waals surface area contributed by atoms with Crippen molar-refractivity contribution in [1.29, 1.82) is 5.26 Å². The predicted molar refractivity (Wildman–Crippen MR) is 99.6 cm³/mol. The number of ether oxygens (including phenoxy) is 1. The van der Waals surface area contributed by atoms with Crippen molar-refractivity contribution in [2.24, 2.45) is 5.92 Å². The molecule has 3 rings (SSSR count). The lowest BCUT2D eigenvalue weighted by molar-refractivity contribution is 0.0517. The third-order valence-corrected chi connectivity index (χ3v) is 4.80. The smallest absolute Gasteiger partial charge is 0.0717 e. The number of hydrogen-bond donors (Lipinski definition) is 0. The average Bonchev–Trinajstić information content (AvgIpc) is 2.92. The molecule has 1 aliphatic heterocycles. The summed E-state index contributed by atoms with van der Waals surface area (Å²) in [7, 11) is 0. The molecule has 0 unspecified atom stereocenters. The van der Waals surface area contributed by atoms with Crippen molar-refractivity contribution < 1.29 is 4.74 Å². The maximum absolute atomic E-state index is 9.19. The van der Waals surface area contributed by atoms with Gasteiger partial charge in [0.05, 0.1) is 19.3 Å². The number of hydrogen-bond acceptors (Lipinski definition) is 3. The molecule has 0 bridgehead atoms. The van der Waals surface area contributed by atoms with Gasteiger partial charge in [-0.3, -0.25) is 4.90 Å². The molecule has 0 aromatic heterocycles. The summed E-state index contributed by atoms with van der Waals surface area (Å²) in [4.78, 5) is 2.39. The number of nitrogens with zero attached hydrogens (tertiary/aromatic N) is 2. The highest BCUT2D eigenvalue weighted by Crippen LogP contribution is 2.32. The minimum Gasteiger partial charge on any atom is -0.375 e. The van der Waals surface area contributed by atoms with Crippen molar-refractivity contribution in [2.75, 3.05) is 13.2 Å². The van der Waals surface area contributed by atoms with Crippen molar-refractivity contribution >= 4 is 0 Å². The molecule has 2 aromatic rings. The van der Waals surface area contributed by atoms with Crippen molar-refractivity contribution in [3.63, 3.8) is 0 Å². The Kier molecular flexibility index (Phi) is 6.00. The van der Waals surface area contributed by atoms with E-state index in [0.29, 0.717) is 19.6 Å². The number of nitriles is 1. The Balaban J connectivity index is 1.66. The fourth-order valence-corrected chi connectivity index (χ4v) is 3.49. The molecule has 0 spiro atoms. The van der Waals surface area contributed by atoms with Gasteiger partial charge >= 0.3 is 0 Å². The van der Waals surface area contributed by atoms with Crippen molar-refractivity contribution in [3.05, 3.63) is 83.9 Å². The number of benzene rings is 2. The Bertz CT molecular complexity index is 721. The van der Waals surface area contributed by atoms with Crippen molar-refractivity contribution in [2.45, 2.75) is 25.6 Å². The molecule has 25 heavy (non-hydrogen) atoms. The van der Waals surface area contributed by atoms with Crippen molar-refractivity contribution in [3.8, 4) is 6.07 Å². The minimum atomic E-state index is 0.185. The third-order valence-electron chi connectivity index (χ3n) is 4.80. The molecule has 1 saturated heterocycles. The van der Waals surface area contributed by atoms with Crippen LogP contribution >= 0.6 is 0 Å². The second kappa shape index (κ2) is 8.62. The molecule has 0 N–H and O–H groups in total. The normalized spacial score (nSPS) is 20.5. The Hall–Kier alpha value is -2.41. The lowest BCUT2D eigenvalue weighted by Crippen LogP contribution is -2.36. The summed E-state index contributed by atoms with van der Waals surface area (Å²) in [5, 5.41) is 9.19. The van der Waals surface area contributed by atoms with Gasteiger partial charge in [-0.15, -0.1) is 0 Å². The van der Waals surface area contributed by atoms with Gasteiger partial charge in [-0.25, -0.2) is 0 Å². The van der Waals surface area contributed by atoms with E-state index in [1.54, 1.807) is 0 Å². The molecular formula is C22H24N2O. The van der Waals surface area contributed by atoms with Crippen LogP contribution in [-0.2, 0) is 17.9 Å². The van der Waals surface area contributed by atoms with Gasteiger partial charge in [0.2, 0.25) is 0 Å². The van der Waals surface area contributed by atoms with Crippen LogP contribution < -0.4 is 0 Å². The summed E-state index contributed by atoms with van der Waals surface area (Å²) in [5.74, 6) is 0.185. The summed E-state index contributed by atoms with van der Waals surface area (Å²) in [6.07, 6.45) is 0.503. The van der Waals surface area contributed by atoms with E-state index in [-0.39, 0.29) is 12.0 Å². The Morgan fingerprint density at radius 2 is 1.68 bits per heavy atom. The minimum absolute atomic E-state index is 0.185. The van der Waals surface area contributed by atoms with E-state index in [4.69, 9.17) is 4.74 Å². The summed E-state index contributed by atoms with van der Waals surface area (Å²) in [5.41, 5.74) is 3.59. The predicted octanol–water partition coefficient (Wildman–Crippen LogP) is 4.17. The Morgan fingerprint density at radius 1 is 1.04 bits per heavy atom. The van der Waals surface area contributed by atoms with Crippen LogP contribution in [-0.4, -0.2) is 24.1 Å². The zero-order valence-electron chi connectivity index (χ0n) is 14.5. The van der Waals surface area contributed by atoms with E-state index in [1.165, 1.54) is 11.1 Å². The summed E-state index contributed by atoms with van der Waals surface area (Å²) < 4.78 is 6.00. The first-order valence-corrected chi connectivity index (χ1v) is 8.72. The highest BCUT2D eigenvalue weighted by atomic mass is 16.5. The maximum Gasteiger partial charge on any atom is 0.0717 e. The van der Waals surface area contributed by atoms with Gasteiger partial charge < -0.3 is 4.74 Å². The summed E-state index contributed by atoms with van der Waals surface area (Å²) in [6, 6.07) is 23.2. The standard InChI is InChI=1S/C22H24N2O/c1-18-14-24(15-19-8-4-2-5-9-19)22(21(18)12-13-23)17-25-16-20-10-6-3-7-11-20/h2-11,21-22H,1,12,14-17H2/t21-,22+/m0/s1. The van der Waals surface area contributed by atoms with Gasteiger partial charge in [0.15, 0.2) is 0 Å². The van der Waals surface area contributed by atoms with Crippen LogP contribution in [0.2, 0.25) is 0 Å². The first kappa shape index (κ1) is 17.4. The monoisotopic (exact) mass is 332 g/mol. The van der Waals surface area contributed by atoms with E-state index in [1.807, 2.05) is 24.3 Å². The van der Waals surface area contributed by atoms with Gasteiger partial charge in [-0.05, 0) is 11.1 Å².